The van der Waals surface area contributed by atoms with E-state index in [0.29, 0.717) is 6.61 Å². The summed E-state index contributed by atoms with van der Waals surface area (Å²) >= 11 is 0. The van der Waals surface area contributed by atoms with Crippen molar-refractivity contribution in [3.8, 4) is 0 Å². The number of benzene rings is 1. The van der Waals surface area contributed by atoms with Crippen LogP contribution < -0.4 is 5.32 Å². The minimum absolute atomic E-state index is 0.140. The molecule has 1 rings (SSSR count). The summed E-state index contributed by atoms with van der Waals surface area (Å²) in [5, 5.41) is 3.36. The molecule has 3 heteroatoms. The van der Waals surface area contributed by atoms with E-state index >= 15 is 0 Å². The second kappa shape index (κ2) is 7.95. The predicted octanol–water partition coefficient (Wildman–Crippen LogP) is 3.38. The van der Waals surface area contributed by atoms with E-state index in [-0.39, 0.29) is 18.1 Å². The largest absolute Gasteiger partial charge is 0.465 e. The van der Waals surface area contributed by atoms with E-state index in [4.69, 9.17) is 4.74 Å². The van der Waals surface area contributed by atoms with Crippen LogP contribution in [0.2, 0.25) is 0 Å². The zero-order chi connectivity index (χ0) is 14.3. The molecule has 0 saturated heterocycles. The maximum atomic E-state index is 11.9. The molecular weight excluding hydrogens is 238 g/mol. The molecule has 0 fully saturated rings. The molecule has 2 atom stereocenters. The van der Waals surface area contributed by atoms with Crippen molar-refractivity contribution in [3.63, 3.8) is 0 Å². The molecule has 0 bridgehead atoms. The van der Waals surface area contributed by atoms with Gasteiger partial charge >= 0.3 is 5.97 Å². The van der Waals surface area contributed by atoms with Gasteiger partial charge in [-0.2, -0.15) is 0 Å². The Balaban J connectivity index is 2.67. The van der Waals surface area contributed by atoms with E-state index in [9.17, 15) is 4.79 Å². The Morgan fingerprint density at radius 3 is 2.42 bits per heavy atom. The molecule has 0 aromatic heterocycles. The number of rotatable bonds is 7. The molecule has 0 aliphatic carbocycles. The van der Waals surface area contributed by atoms with Crippen molar-refractivity contribution in [2.75, 3.05) is 6.61 Å². The number of carbonyl (C=O) groups excluding carboxylic acids is 1. The van der Waals surface area contributed by atoms with Crippen molar-refractivity contribution in [1.82, 2.24) is 5.32 Å². The highest BCUT2D eigenvalue weighted by atomic mass is 16.5. The van der Waals surface area contributed by atoms with Crippen molar-refractivity contribution in [2.24, 2.45) is 0 Å². The molecule has 3 nitrogen and oxygen atoms in total. The first-order valence-corrected chi connectivity index (χ1v) is 7.07. The van der Waals surface area contributed by atoms with Gasteiger partial charge in [0.2, 0.25) is 0 Å². The third kappa shape index (κ3) is 5.03. The number of nitrogens with one attached hydrogen (secondary N) is 1. The van der Waals surface area contributed by atoms with Gasteiger partial charge in [-0.15, -0.1) is 0 Å². The molecule has 0 heterocycles. The first-order chi connectivity index (χ1) is 9.08. The number of esters is 1. The fourth-order valence-electron chi connectivity index (χ4n) is 2.05. The Morgan fingerprint density at radius 2 is 1.89 bits per heavy atom. The average Bonchev–Trinajstić information content (AvgIpc) is 2.39. The summed E-state index contributed by atoms with van der Waals surface area (Å²) in [7, 11) is 0. The van der Waals surface area contributed by atoms with E-state index in [2.05, 4.69) is 50.4 Å². The SMILES string of the molecule is CCCC(N[C@@H](C)c1ccc(C)cc1)C(=O)OCC. The van der Waals surface area contributed by atoms with Crippen LogP contribution in [0.4, 0.5) is 0 Å². The van der Waals surface area contributed by atoms with Crippen molar-refractivity contribution in [1.29, 1.82) is 0 Å². The van der Waals surface area contributed by atoms with Crippen molar-refractivity contribution < 1.29 is 9.53 Å². The van der Waals surface area contributed by atoms with Gasteiger partial charge in [0.1, 0.15) is 6.04 Å². The van der Waals surface area contributed by atoms with Gasteiger partial charge in [-0.3, -0.25) is 10.1 Å². The van der Waals surface area contributed by atoms with Gasteiger partial charge in [0.25, 0.3) is 0 Å². The van der Waals surface area contributed by atoms with Crippen LogP contribution in [0.5, 0.6) is 0 Å². The van der Waals surface area contributed by atoms with E-state index in [1.54, 1.807) is 0 Å². The summed E-state index contributed by atoms with van der Waals surface area (Å²) in [5.41, 5.74) is 2.43. The zero-order valence-corrected chi connectivity index (χ0v) is 12.4. The Bertz CT molecular complexity index is 386. The fourth-order valence-corrected chi connectivity index (χ4v) is 2.05. The molecule has 106 valence electrons. The fraction of sp³-hybridized carbons (Fsp3) is 0.562. The molecule has 1 N–H and O–H groups in total. The molecule has 0 amide bonds. The molecule has 0 spiro atoms. The minimum atomic E-state index is -0.221. The van der Waals surface area contributed by atoms with Gasteiger partial charge in [0.15, 0.2) is 0 Å². The quantitative estimate of drug-likeness (QED) is 0.766. The highest BCUT2D eigenvalue weighted by Crippen LogP contribution is 2.15. The van der Waals surface area contributed by atoms with Gasteiger partial charge in [-0.05, 0) is 32.8 Å². The number of aryl methyl sites for hydroxylation is 1. The number of hydrogen-bond acceptors (Lipinski definition) is 3. The average molecular weight is 263 g/mol. The molecule has 0 aliphatic rings. The maximum Gasteiger partial charge on any atom is 0.323 e. The lowest BCUT2D eigenvalue weighted by molar-refractivity contribution is -0.146. The standard InChI is InChI=1S/C16H25NO2/c1-5-7-15(16(18)19-6-2)17-13(4)14-10-8-12(3)9-11-14/h8-11,13,15,17H,5-7H2,1-4H3/t13-,15?/m0/s1. The van der Waals surface area contributed by atoms with E-state index in [1.807, 2.05) is 6.92 Å². The number of hydrogen-bond donors (Lipinski definition) is 1. The highest BCUT2D eigenvalue weighted by molar-refractivity contribution is 5.75. The first-order valence-electron chi connectivity index (χ1n) is 7.07. The monoisotopic (exact) mass is 263 g/mol. The number of ether oxygens (including phenoxy) is 1. The third-order valence-electron chi connectivity index (χ3n) is 3.18. The molecule has 19 heavy (non-hydrogen) atoms. The van der Waals surface area contributed by atoms with Crippen LogP contribution >= 0.6 is 0 Å². The molecule has 1 aromatic rings. The van der Waals surface area contributed by atoms with Crippen molar-refractivity contribution in [2.45, 2.75) is 52.6 Å². The first kappa shape index (κ1) is 15.7. The minimum Gasteiger partial charge on any atom is -0.465 e. The van der Waals surface area contributed by atoms with Gasteiger partial charge < -0.3 is 4.74 Å². The molecule has 1 aromatic carbocycles. The normalized spacial score (nSPS) is 13.9. The van der Waals surface area contributed by atoms with Crippen LogP contribution in [0.3, 0.4) is 0 Å². The third-order valence-corrected chi connectivity index (χ3v) is 3.18. The summed E-state index contributed by atoms with van der Waals surface area (Å²) in [4.78, 5) is 11.9. The lowest BCUT2D eigenvalue weighted by Gasteiger charge is -2.22. The van der Waals surface area contributed by atoms with Crippen LogP contribution in [0.25, 0.3) is 0 Å². The van der Waals surface area contributed by atoms with Crippen molar-refractivity contribution in [3.05, 3.63) is 35.4 Å². The maximum absolute atomic E-state index is 11.9. The predicted molar refractivity (Wildman–Crippen MR) is 78.1 cm³/mol. The second-order valence-corrected chi connectivity index (χ2v) is 4.89. The summed E-state index contributed by atoms with van der Waals surface area (Å²) in [5.74, 6) is -0.150. The highest BCUT2D eigenvalue weighted by Gasteiger charge is 2.21. The summed E-state index contributed by atoms with van der Waals surface area (Å²) in [6.07, 6.45) is 1.76. The van der Waals surface area contributed by atoms with E-state index in [0.717, 1.165) is 12.8 Å². The van der Waals surface area contributed by atoms with Gasteiger partial charge in [0, 0.05) is 6.04 Å². The molecule has 0 radical (unpaired) electrons. The van der Waals surface area contributed by atoms with Crippen molar-refractivity contribution >= 4 is 5.97 Å². The lowest BCUT2D eigenvalue weighted by atomic mass is 10.0. The lowest BCUT2D eigenvalue weighted by Crippen LogP contribution is -2.39. The molecule has 1 unspecified atom stereocenters. The Hall–Kier alpha value is -1.35. The number of carbonyl (C=O) groups is 1. The Kier molecular flexibility index (Phi) is 6.57. The summed E-state index contributed by atoms with van der Waals surface area (Å²) in [6, 6.07) is 8.30. The van der Waals surface area contributed by atoms with Gasteiger partial charge in [-0.25, -0.2) is 0 Å². The van der Waals surface area contributed by atoms with Gasteiger partial charge in [0.05, 0.1) is 6.61 Å². The molecular formula is C16H25NO2. The second-order valence-electron chi connectivity index (χ2n) is 4.89. The smallest absolute Gasteiger partial charge is 0.323 e. The van der Waals surface area contributed by atoms with E-state index < -0.39 is 0 Å². The van der Waals surface area contributed by atoms with Crippen LogP contribution in [-0.4, -0.2) is 18.6 Å². The molecule has 0 aliphatic heterocycles. The van der Waals surface area contributed by atoms with Crippen LogP contribution in [0.15, 0.2) is 24.3 Å². The van der Waals surface area contributed by atoms with Crippen LogP contribution in [0.1, 0.15) is 50.8 Å². The van der Waals surface area contributed by atoms with Gasteiger partial charge in [-0.1, -0.05) is 43.2 Å². The summed E-state index contributed by atoms with van der Waals surface area (Å²) in [6.45, 7) is 8.49. The summed E-state index contributed by atoms with van der Waals surface area (Å²) < 4.78 is 5.11. The molecule has 0 saturated carbocycles. The Morgan fingerprint density at radius 1 is 1.26 bits per heavy atom. The topological polar surface area (TPSA) is 38.3 Å². The van der Waals surface area contributed by atoms with Crippen LogP contribution in [0, 0.1) is 6.92 Å². The van der Waals surface area contributed by atoms with Crippen LogP contribution in [-0.2, 0) is 9.53 Å². The Labute approximate surface area is 116 Å². The van der Waals surface area contributed by atoms with E-state index in [1.165, 1.54) is 11.1 Å². The zero-order valence-electron chi connectivity index (χ0n) is 12.4.